The summed E-state index contributed by atoms with van der Waals surface area (Å²) >= 11 is 0. The molecule has 0 saturated carbocycles. The summed E-state index contributed by atoms with van der Waals surface area (Å²) < 4.78 is 45.8. The number of hydrogen-bond donors (Lipinski definition) is 1. The Labute approximate surface area is 123 Å². The van der Waals surface area contributed by atoms with E-state index in [2.05, 4.69) is 5.16 Å². The van der Waals surface area contributed by atoms with E-state index in [1.54, 1.807) is 0 Å². The van der Waals surface area contributed by atoms with Crippen molar-refractivity contribution in [3.63, 3.8) is 0 Å². The maximum Gasteiger partial charge on any atom is 0.173 e. The molecule has 1 aromatic heterocycles. The number of aliphatic hydroxyl groups excluding tert-OH is 1. The zero-order chi connectivity index (χ0) is 15.7. The largest absolute Gasteiger partial charge is 0.391 e. The van der Waals surface area contributed by atoms with E-state index >= 15 is 0 Å². The van der Waals surface area contributed by atoms with E-state index in [0.29, 0.717) is 5.56 Å². The van der Waals surface area contributed by atoms with Gasteiger partial charge in [0.1, 0.15) is 23.1 Å². The number of halogens is 3. The van der Waals surface area contributed by atoms with E-state index in [1.807, 2.05) is 0 Å². The van der Waals surface area contributed by atoms with Crippen molar-refractivity contribution >= 4 is 0 Å². The highest BCUT2D eigenvalue weighted by Crippen LogP contribution is 2.34. The summed E-state index contributed by atoms with van der Waals surface area (Å²) in [6.45, 7) is -0.528. The Kier molecular flexibility index (Phi) is 3.68. The lowest BCUT2D eigenvalue weighted by molar-refractivity contribution is 0.281. The van der Waals surface area contributed by atoms with Crippen LogP contribution in [-0.2, 0) is 6.61 Å². The molecular weight excluding hydrogens is 295 g/mol. The second kappa shape index (κ2) is 5.65. The molecule has 3 aromatic rings. The molecule has 0 radical (unpaired) electrons. The van der Waals surface area contributed by atoms with Crippen LogP contribution in [0.25, 0.3) is 22.6 Å². The van der Waals surface area contributed by atoms with Crippen molar-refractivity contribution in [3.8, 4) is 22.6 Å². The number of hydrogen-bond acceptors (Lipinski definition) is 3. The molecule has 2 aromatic carbocycles. The fourth-order valence-corrected chi connectivity index (χ4v) is 2.20. The Morgan fingerprint density at radius 1 is 0.955 bits per heavy atom. The van der Waals surface area contributed by atoms with Gasteiger partial charge in [0.25, 0.3) is 0 Å². The molecule has 0 aliphatic carbocycles. The fraction of sp³-hybridized carbons (Fsp3) is 0.0625. The van der Waals surface area contributed by atoms with Gasteiger partial charge in [-0.3, -0.25) is 0 Å². The van der Waals surface area contributed by atoms with Gasteiger partial charge in [0.15, 0.2) is 5.76 Å². The van der Waals surface area contributed by atoms with Crippen molar-refractivity contribution in [2.24, 2.45) is 0 Å². The molecule has 0 bridgehead atoms. The van der Waals surface area contributed by atoms with E-state index in [4.69, 9.17) is 4.52 Å². The van der Waals surface area contributed by atoms with Gasteiger partial charge >= 0.3 is 0 Å². The van der Waals surface area contributed by atoms with Gasteiger partial charge in [-0.1, -0.05) is 11.2 Å². The highest BCUT2D eigenvalue weighted by Gasteiger charge is 2.23. The van der Waals surface area contributed by atoms with E-state index in [9.17, 15) is 18.3 Å². The number of benzene rings is 2. The van der Waals surface area contributed by atoms with Crippen LogP contribution in [0.4, 0.5) is 13.2 Å². The van der Waals surface area contributed by atoms with Crippen LogP contribution in [0.3, 0.4) is 0 Å². The Morgan fingerprint density at radius 2 is 1.59 bits per heavy atom. The molecule has 0 unspecified atom stereocenters. The molecule has 6 heteroatoms. The van der Waals surface area contributed by atoms with Crippen LogP contribution in [0, 0.1) is 17.5 Å². The van der Waals surface area contributed by atoms with Gasteiger partial charge in [-0.2, -0.15) is 0 Å². The third kappa shape index (κ3) is 2.37. The third-order valence-electron chi connectivity index (χ3n) is 3.25. The zero-order valence-electron chi connectivity index (χ0n) is 11.2. The van der Waals surface area contributed by atoms with Crippen LogP contribution in [0.1, 0.15) is 5.56 Å². The minimum absolute atomic E-state index is 0.113. The normalized spacial score (nSPS) is 10.9. The molecular formula is C16H10F3NO2. The molecule has 22 heavy (non-hydrogen) atoms. The van der Waals surface area contributed by atoms with Gasteiger partial charge in [-0.15, -0.1) is 0 Å². The maximum absolute atomic E-state index is 13.9. The molecule has 3 rings (SSSR count). The number of aromatic nitrogens is 1. The van der Waals surface area contributed by atoms with Gasteiger partial charge in [0, 0.05) is 5.56 Å². The summed E-state index contributed by atoms with van der Waals surface area (Å²) in [5.41, 5.74) is 0.0950. The van der Waals surface area contributed by atoms with Gasteiger partial charge in [0.05, 0.1) is 17.7 Å². The lowest BCUT2D eigenvalue weighted by Gasteiger charge is -2.04. The molecule has 0 aliphatic heterocycles. The first-order chi connectivity index (χ1) is 10.6. The highest BCUT2D eigenvalue weighted by molar-refractivity contribution is 5.73. The minimum atomic E-state index is -0.811. The summed E-state index contributed by atoms with van der Waals surface area (Å²) in [5.74, 6) is -1.92. The lowest BCUT2D eigenvalue weighted by atomic mass is 10.0. The molecule has 0 spiro atoms. The molecule has 0 saturated heterocycles. The van der Waals surface area contributed by atoms with Gasteiger partial charge in [0.2, 0.25) is 0 Å². The Morgan fingerprint density at radius 3 is 2.18 bits per heavy atom. The zero-order valence-corrected chi connectivity index (χ0v) is 11.2. The summed E-state index contributed by atoms with van der Waals surface area (Å²) in [6.07, 6.45) is 0. The van der Waals surface area contributed by atoms with Crippen LogP contribution in [-0.4, -0.2) is 10.3 Å². The van der Waals surface area contributed by atoms with Gasteiger partial charge in [-0.05, 0) is 36.4 Å². The van der Waals surface area contributed by atoms with Gasteiger partial charge in [-0.25, -0.2) is 13.2 Å². The third-order valence-corrected chi connectivity index (χ3v) is 3.25. The molecule has 0 aliphatic rings. The Hall–Kier alpha value is -2.60. The number of aliphatic hydroxyl groups is 1. The first kappa shape index (κ1) is 14.3. The smallest absolute Gasteiger partial charge is 0.173 e. The summed E-state index contributed by atoms with van der Waals surface area (Å²) in [6, 6.07) is 8.68. The van der Waals surface area contributed by atoms with Crippen molar-refractivity contribution < 1.29 is 22.8 Å². The second-order valence-electron chi connectivity index (χ2n) is 4.60. The molecule has 0 fully saturated rings. The number of rotatable bonds is 3. The molecule has 1 N–H and O–H groups in total. The van der Waals surface area contributed by atoms with Crippen molar-refractivity contribution in [1.82, 2.24) is 5.16 Å². The van der Waals surface area contributed by atoms with E-state index in [-0.39, 0.29) is 22.6 Å². The fourth-order valence-electron chi connectivity index (χ4n) is 2.20. The van der Waals surface area contributed by atoms with Crippen LogP contribution in [0.5, 0.6) is 0 Å². The molecule has 3 nitrogen and oxygen atoms in total. The van der Waals surface area contributed by atoms with Crippen molar-refractivity contribution in [3.05, 3.63) is 65.5 Å². The predicted octanol–water partition coefficient (Wildman–Crippen LogP) is 3.92. The van der Waals surface area contributed by atoms with Crippen molar-refractivity contribution in [2.75, 3.05) is 0 Å². The maximum atomic E-state index is 13.9. The van der Waals surface area contributed by atoms with Crippen LogP contribution in [0.2, 0.25) is 0 Å². The van der Waals surface area contributed by atoms with Crippen LogP contribution >= 0.6 is 0 Å². The molecule has 112 valence electrons. The average Bonchev–Trinajstić information content (AvgIpc) is 2.91. The summed E-state index contributed by atoms with van der Waals surface area (Å²) in [4.78, 5) is 0. The minimum Gasteiger partial charge on any atom is -0.391 e. The first-order valence-corrected chi connectivity index (χ1v) is 6.41. The standard InChI is InChI=1S/C16H10F3NO2/c17-10-6-4-9(5-7-10)16-11(8-21)15(20-22-16)14-12(18)2-1-3-13(14)19/h1-7,21H,8H2. The highest BCUT2D eigenvalue weighted by atomic mass is 19.1. The average molecular weight is 305 g/mol. The summed E-state index contributed by atoms with van der Waals surface area (Å²) in [5, 5.41) is 13.2. The molecule has 0 amide bonds. The Bertz CT molecular complexity index is 793. The quantitative estimate of drug-likeness (QED) is 0.798. The molecule has 1 heterocycles. The number of nitrogens with zero attached hydrogens (tertiary/aromatic N) is 1. The van der Waals surface area contributed by atoms with Crippen molar-refractivity contribution in [1.29, 1.82) is 0 Å². The lowest BCUT2D eigenvalue weighted by Crippen LogP contribution is -1.94. The van der Waals surface area contributed by atoms with Crippen LogP contribution < -0.4 is 0 Å². The Balaban J connectivity index is 2.18. The summed E-state index contributed by atoms with van der Waals surface area (Å²) in [7, 11) is 0. The monoisotopic (exact) mass is 305 g/mol. The van der Waals surface area contributed by atoms with Gasteiger partial charge < -0.3 is 9.63 Å². The SMILES string of the molecule is OCc1c(-c2c(F)cccc2F)noc1-c1ccc(F)cc1. The van der Waals surface area contributed by atoms with Crippen molar-refractivity contribution in [2.45, 2.75) is 6.61 Å². The first-order valence-electron chi connectivity index (χ1n) is 6.41. The second-order valence-corrected chi connectivity index (χ2v) is 4.60. The van der Waals surface area contributed by atoms with E-state index in [1.165, 1.54) is 30.3 Å². The predicted molar refractivity (Wildman–Crippen MR) is 73.2 cm³/mol. The topological polar surface area (TPSA) is 46.3 Å². The van der Waals surface area contributed by atoms with Crippen LogP contribution in [0.15, 0.2) is 47.0 Å². The molecule has 0 atom stereocenters. The van der Waals surface area contributed by atoms with E-state index in [0.717, 1.165) is 12.1 Å². The van der Waals surface area contributed by atoms with E-state index < -0.39 is 24.1 Å².